The number of anilines is 2. The van der Waals surface area contributed by atoms with Crippen LogP contribution < -0.4 is 20.1 Å². The number of hydrogen-bond acceptors (Lipinski definition) is 11. The Morgan fingerprint density at radius 2 is 1.76 bits per heavy atom. The molecule has 11 nitrogen and oxygen atoms in total. The van der Waals surface area contributed by atoms with E-state index in [1.165, 1.54) is 11.8 Å². The number of nitrogen functional groups attached to an aromatic ring is 1. The summed E-state index contributed by atoms with van der Waals surface area (Å²) in [6.45, 7) is 6.08. The number of rotatable bonds is 6. The molecule has 1 saturated heterocycles. The molecule has 178 valence electrons. The van der Waals surface area contributed by atoms with Crippen molar-refractivity contribution in [1.82, 2.24) is 25.1 Å². The van der Waals surface area contributed by atoms with Gasteiger partial charge in [0.25, 0.3) is 5.22 Å². The molecule has 0 saturated carbocycles. The zero-order chi connectivity index (χ0) is 22.8. The molecule has 0 radical (unpaired) electrons. The number of aromatic nitrogens is 4. The van der Waals surface area contributed by atoms with E-state index in [-0.39, 0.29) is 29.5 Å². The molecule has 1 amide bonds. The Bertz CT molecular complexity index is 1140. The first kappa shape index (κ1) is 24.6. The number of nitrogens with zero attached hydrogens (tertiary/aromatic N) is 6. The fourth-order valence-corrected chi connectivity index (χ4v) is 4.02. The predicted octanol–water partition coefficient (Wildman–Crippen LogP) is 2.50. The first-order valence-electron chi connectivity index (χ1n) is 10.1. The monoisotopic (exact) mass is 495 g/mol. The second-order valence-electron chi connectivity index (χ2n) is 7.45. The number of amides is 1. The lowest BCUT2D eigenvalue weighted by atomic mass is 10.2. The van der Waals surface area contributed by atoms with Gasteiger partial charge in [0.15, 0.2) is 11.5 Å². The number of benzene rings is 1. The minimum Gasteiger partial charge on any atom is -0.493 e. The fraction of sp³-hybridized carbons (Fsp3) is 0.450. The highest BCUT2D eigenvalue weighted by atomic mass is 35.5. The van der Waals surface area contributed by atoms with Crippen LogP contribution in [-0.2, 0) is 0 Å². The lowest BCUT2D eigenvalue weighted by molar-refractivity contribution is 0.0700. The van der Waals surface area contributed by atoms with Crippen molar-refractivity contribution < 1.29 is 18.7 Å². The molecule has 2 aromatic heterocycles. The summed E-state index contributed by atoms with van der Waals surface area (Å²) in [4.78, 5) is 25.5. The average Bonchev–Trinajstić information content (AvgIpc) is 3.25. The third kappa shape index (κ3) is 5.17. The molecule has 4 rings (SSSR count). The summed E-state index contributed by atoms with van der Waals surface area (Å²) in [5, 5.41) is 9.20. The number of fused-ring (bicyclic) bond motifs is 1. The topological polar surface area (TPSA) is 133 Å². The normalized spacial score (nSPS) is 13.8. The Balaban J connectivity index is 0.00000306. The molecule has 0 spiro atoms. The molecule has 1 aliphatic heterocycles. The van der Waals surface area contributed by atoms with Crippen LogP contribution in [0.3, 0.4) is 0 Å². The van der Waals surface area contributed by atoms with E-state index in [1.807, 2.05) is 18.7 Å². The van der Waals surface area contributed by atoms with E-state index >= 15 is 0 Å². The van der Waals surface area contributed by atoms with Gasteiger partial charge in [-0.3, -0.25) is 4.79 Å². The maximum atomic E-state index is 12.7. The van der Waals surface area contributed by atoms with Gasteiger partial charge in [-0.25, -0.2) is 4.98 Å². The maximum Gasteiger partial charge on any atom is 0.311 e. The molecule has 3 heterocycles. The molecular formula is C20H26ClN7O4S. The van der Waals surface area contributed by atoms with Gasteiger partial charge in [-0.1, -0.05) is 25.6 Å². The molecule has 1 fully saturated rings. The Hall–Kier alpha value is -2.99. The number of carbonyl (C=O) groups excluding carboxylic acids is 1. The predicted molar refractivity (Wildman–Crippen MR) is 128 cm³/mol. The summed E-state index contributed by atoms with van der Waals surface area (Å²) in [6.07, 6.45) is 0. The summed E-state index contributed by atoms with van der Waals surface area (Å²) in [5.41, 5.74) is 6.86. The molecule has 3 aromatic rings. The van der Waals surface area contributed by atoms with E-state index < -0.39 is 0 Å². The third-order valence-corrected chi connectivity index (χ3v) is 5.83. The molecule has 2 N–H and O–H groups in total. The second kappa shape index (κ2) is 10.3. The highest BCUT2D eigenvalue weighted by molar-refractivity contribution is 7.99. The molecule has 0 unspecified atom stereocenters. The third-order valence-electron chi connectivity index (χ3n) is 4.99. The molecular weight excluding hydrogens is 470 g/mol. The minimum absolute atomic E-state index is 0. The minimum atomic E-state index is -0.275. The number of nitrogens with two attached hydrogens (primary N) is 1. The quantitative estimate of drug-likeness (QED) is 0.505. The number of halogens is 1. The Labute approximate surface area is 201 Å². The van der Waals surface area contributed by atoms with E-state index in [4.69, 9.17) is 19.6 Å². The van der Waals surface area contributed by atoms with Crippen molar-refractivity contribution in [3.63, 3.8) is 0 Å². The summed E-state index contributed by atoms with van der Waals surface area (Å²) in [6, 6.07) is 3.54. The molecule has 1 aliphatic rings. The number of piperazine rings is 1. The van der Waals surface area contributed by atoms with Crippen molar-refractivity contribution in [3.05, 3.63) is 18.0 Å². The zero-order valence-electron chi connectivity index (χ0n) is 18.8. The Morgan fingerprint density at radius 3 is 2.39 bits per heavy atom. The van der Waals surface area contributed by atoms with Crippen LogP contribution in [0.2, 0.25) is 0 Å². The number of carbonyl (C=O) groups is 1. The van der Waals surface area contributed by atoms with Crippen molar-refractivity contribution >= 4 is 52.7 Å². The van der Waals surface area contributed by atoms with Gasteiger partial charge in [0.05, 0.1) is 19.7 Å². The molecule has 0 aliphatic carbocycles. The van der Waals surface area contributed by atoms with E-state index in [9.17, 15) is 4.79 Å². The highest BCUT2D eigenvalue weighted by Gasteiger charge is 2.27. The van der Waals surface area contributed by atoms with Gasteiger partial charge < -0.3 is 29.4 Å². The van der Waals surface area contributed by atoms with Crippen LogP contribution in [0, 0.1) is 0 Å². The van der Waals surface area contributed by atoms with Crippen molar-refractivity contribution in [1.29, 1.82) is 0 Å². The lowest BCUT2D eigenvalue weighted by Gasteiger charge is -2.34. The first-order chi connectivity index (χ1) is 15.4. The summed E-state index contributed by atoms with van der Waals surface area (Å²) >= 11 is 1.42. The molecule has 1 aromatic carbocycles. The zero-order valence-corrected chi connectivity index (χ0v) is 20.4. The van der Waals surface area contributed by atoms with Gasteiger partial charge in [-0.15, -0.1) is 22.6 Å². The van der Waals surface area contributed by atoms with Crippen molar-refractivity contribution in [3.8, 4) is 11.5 Å². The number of ether oxygens (including phenoxy) is 2. The fourth-order valence-electron chi connectivity index (χ4n) is 3.40. The van der Waals surface area contributed by atoms with E-state index in [2.05, 4.69) is 20.2 Å². The van der Waals surface area contributed by atoms with Crippen molar-refractivity contribution in [2.24, 2.45) is 0 Å². The van der Waals surface area contributed by atoms with Crippen LogP contribution in [0.4, 0.5) is 11.8 Å². The summed E-state index contributed by atoms with van der Waals surface area (Å²) < 4.78 is 16.2. The average molecular weight is 496 g/mol. The van der Waals surface area contributed by atoms with Gasteiger partial charge in [0, 0.05) is 42.9 Å². The van der Waals surface area contributed by atoms with E-state index in [0.29, 0.717) is 65.6 Å². The van der Waals surface area contributed by atoms with Gasteiger partial charge in [-0.05, 0) is 6.07 Å². The van der Waals surface area contributed by atoms with Crippen molar-refractivity contribution in [2.45, 2.75) is 24.3 Å². The van der Waals surface area contributed by atoms with Gasteiger partial charge in [0.2, 0.25) is 5.95 Å². The van der Waals surface area contributed by atoms with Crippen LogP contribution in [0.15, 0.2) is 21.8 Å². The standard InChI is InChI=1S/C20H25N7O4S.ClH/c1-11(2)32-20-25-24-17(31-20)18(28)26-5-7-27(8-6-26)19-22-13-10-15(30-4)14(29-3)9-12(13)16(21)23-19;/h9-11H,5-8H2,1-4H3,(H2,21,22,23);1H. The lowest BCUT2D eigenvalue weighted by Crippen LogP contribution is -2.49. The van der Waals surface area contributed by atoms with Crippen molar-refractivity contribution in [2.75, 3.05) is 51.0 Å². The highest BCUT2D eigenvalue weighted by Crippen LogP contribution is 2.34. The van der Waals surface area contributed by atoms with Gasteiger partial charge in [0.1, 0.15) is 5.82 Å². The van der Waals surface area contributed by atoms with Crippen LogP contribution in [-0.4, -0.2) is 76.6 Å². The molecule has 0 bridgehead atoms. The summed E-state index contributed by atoms with van der Waals surface area (Å²) in [5.74, 6) is 1.71. The van der Waals surface area contributed by atoms with E-state index in [0.717, 1.165) is 0 Å². The van der Waals surface area contributed by atoms with Gasteiger partial charge >= 0.3 is 11.8 Å². The van der Waals surface area contributed by atoms with Crippen LogP contribution in [0.5, 0.6) is 11.5 Å². The first-order valence-corrected chi connectivity index (χ1v) is 11.0. The van der Waals surface area contributed by atoms with Crippen LogP contribution in [0.25, 0.3) is 10.9 Å². The van der Waals surface area contributed by atoms with Crippen LogP contribution in [0.1, 0.15) is 24.5 Å². The largest absolute Gasteiger partial charge is 0.493 e. The SMILES string of the molecule is COc1cc2nc(N3CCN(C(=O)c4nnc(SC(C)C)o4)CC3)nc(N)c2cc1OC.Cl. The second-order valence-corrected chi connectivity index (χ2v) is 8.98. The molecule has 33 heavy (non-hydrogen) atoms. The van der Waals surface area contributed by atoms with Gasteiger partial charge in [-0.2, -0.15) is 4.98 Å². The smallest absolute Gasteiger partial charge is 0.311 e. The Kier molecular flexibility index (Phi) is 7.69. The maximum absolute atomic E-state index is 12.7. The number of thioether (sulfide) groups is 1. The summed E-state index contributed by atoms with van der Waals surface area (Å²) in [7, 11) is 3.13. The number of methoxy groups -OCH3 is 2. The Morgan fingerprint density at radius 1 is 1.09 bits per heavy atom. The molecule has 0 atom stereocenters. The van der Waals surface area contributed by atoms with Crippen LogP contribution >= 0.6 is 24.2 Å². The van der Waals surface area contributed by atoms with E-state index in [1.54, 1.807) is 31.3 Å². The number of hydrogen-bond donors (Lipinski definition) is 1. The molecule has 13 heteroatoms.